The highest BCUT2D eigenvalue weighted by Crippen LogP contribution is 2.35. The number of fused-ring (bicyclic) bond motifs is 1. The molecule has 22 heavy (non-hydrogen) atoms. The zero-order valence-electron chi connectivity index (χ0n) is 13.3. The van der Waals surface area contributed by atoms with Gasteiger partial charge in [-0.2, -0.15) is 0 Å². The second-order valence-electron chi connectivity index (χ2n) is 5.13. The second kappa shape index (κ2) is 6.98. The first-order valence-electron chi connectivity index (χ1n) is 7.27. The smallest absolute Gasteiger partial charge is 0.161 e. The first kappa shape index (κ1) is 15.9. The van der Waals surface area contributed by atoms with E-state index >= 15 is 0 Å². The van der Waals surface area contributed by atoms with Gasteiger partial charge in [-0.05, 0) is 44.0 Å². The minimum atomic E-state index is 0.456. The Balaban J connectivity index is 2.50. The van der Waals surface area contributed by atoms with Crippen molar-refractivity contribution >= 4 is 11.4 Å². The van der Waals surface area contributed by atoms with Crippen molar-refractivity contribution in [3.8, 4) is 11.5 Å². The zero-order valence-corrected chi connectivity index (χ0v) is 13.3. The van der Waals surface area contributed by atoms with Gasteiger partial charge in [0.05, 0.1) is 0 Å². The SMILES string of the molecule is C=CN=C(N)C(=C(C)C)/C(=C\C)c1ccc2c(c1)OCCO2. The van der Waals surface area contributed by atoms with Crippen molar-refractivity contribution < 1.29 is 9.47 Å². The van der Waals surface area contributed by atoms with Crippen LogP contribution in [0.5, 0.6) is 11.5 Å². The molecular formula is C18H22N2O2. The molecule has 1 aromatic rings. The molecule has 0 aliphatic carbocycles. The Morgan fingerprint density at radius 2 is 1.91 bits per heavy atom. The van der Waals surface area contributed by atoms with Crippen LogP contribution in [0.1, 0.15) is 26.3 Å². The molecule has 0 fully saturated rings. The number of aliphatic imine (C=N–C) groups is 1. The Morgan fingerprint density at radius 3 is 2.50 bits per heavy atom. The highest BCUT2D eigenvalue weighted by Gasteiger charge is 2.17. The van der Waals surface area contributed by atoms with Crippen LogP contribution in [0, 0.1) is 0 Å². The van der Waals surface area contributed by atoms with Crippen molar-refractivity contribution in [2.45, 2.75) is 20.8 Å². The van der Waals surface area contributed by atoms with Crippen LogP contribution in [0.4, 0.5) is 0 Å². The van der Waals surface area contributed by atoms with E-state index in [0.29, 0.717) is 19.0 Å². The van der Waals surface area contributed by atoms with Crippen LogP contribution in [0.15, 0.2) is 53.2 Å². The van der Waals surface area contributed by atoms with Gasteiger partial charge in [0.1, 0.15) is 19.0 Å². The number of amidine groups is 1. The number of nitrogens with two attached hydrogens (primary N) is 1. The summed E-state index contributed by atoms with van der Waals surface area (Å²) in [4.78, 5) is 4.13. The van der Waals surface area contributed by atoms with E-state index in [9.17, 15) is 0 Å². The number of nitrogens with zero attached hydrogens (tertiary/aromatic N) is 1. The maximum absolute atomic E-state index is 6.11. The predicted molar refractivity (Wildman–Crippen MR) is 91.3 cm³/mol. The van der Waals surface area contributed by atoms with Crippen molar-refractivity contribution in [3.05, 3.63) is 53.8 Å². The third-order valence-electron chi connectivity index (χ3n) is 3.40. The molecule has 0 bridgehead atoms. The zero-order chi connectivity index (χ0) is 16.1. The summed E-state index contributed by atoms with van der Waals surface area (Å²) in [6.45, 7) is 10.8. The molecule has 0 saturated carbocycles. The lowest BCUT2D eigenvalue weighted by Gasteiger charge is -2.20. The molecule has 0 aromatic heterocycles. The van der Waals surface area contributed by atoms with E-state index in [-0.39, 0.29) is 0 Å². The Kier molecular flexibility index (Phi) is 5.04. The van der Waals surface area contributed by atoms with Gasteiger partial charge in [-0.25, -0.2) is 4.99 Å². The maximum atomic E-state index is 6.11. The minimum absolute atomic E-state index is 0.456. The number of hydrogen-bond donors (Lipinski definition) is 1. The lowest BCUT2D eigenvalue weighted by molar-refractivity contribution is 0.171. The molecule has 1 aliphatic heterocycles. The third kappa shape index (κ3) is 3.22. The van der Waals surface area contributed by atoms with Gasteiger partial charge in [0, 0.05) is 11.8 Å². The molecular weight excluding hydrogens is 276 g/mol. The molecule has 0 saturated heterocycles. The summed E-state index contributed by atoms with van der Waals surface area (Å²) in [6.07, 6.45) is 3.48. The van der Waals surface area contributed by atoms with E-state index in [0.717, 1.165) is 33.8 Å². The van der Waals surface area contributed by atoms with Gasteiger partial charge in [-0.1, -0.05) is 24.3 Å². The van der Waals surface area contributed by atoms with E-state index in [1.54, 1.807) is 0 Å². The van der Waals surface area contributed by atoms with Crippen molar-refractivity contribution in [1.29, 1.82) is 0 Å². The summed E-state index contributed by atoms with van der Waals surface area (Å²) in [5.74, 6) is 1.99. The van der Waals surface area contributed by atoms with Crippen molar-refractivity contribution in [1.82, 2.24) is 0 Å². The first-order valence-corrected chi connectivity index (χ1v) is 7.27. The molecule has 0 amide bonds. The van der Waals surface area contributed by atoms with Gasteiger partial charge in [0.2, 0.25) is 0 Å². The van der Waals surface area contributed by atoms with Gasteiger partial charge in [-0.3, -0.25) is 0 Å². The predicted octanol–water partition coefficient (Wildman–Crippen LogP) is 3.70. The fourth-order valence-electron chi connectivity index (χ4n) is 2.49. The molecule has 4 heteroatoms. The Hall–Kier alpha value is -2.49. The largest absolute Gasteiger partial charge is 0.486 e. The van der Waals surface area contributed by atoms with Crippen LogP contribution < -0.4 is 15.2 Å². The maximum Gasteiger partial charge on any atom is 0.161 e. The number of ether oxygens (including phenoxy) is 2. The van der Waals surface area contributed by atoms with Crippen LogP contribution >= 0.6 is 0 Å². The summed E-state index contributed by atoms with van der Waals surface area (Å²) >= 11 is 0. The summed E-state index contributed by atoms with van der Waals surface area (Å²) in [7, 11) is 0. The van der Waals surface area contributed by atoms with Crippen LogP contribution in [-0.2, 0) is 0 Å². The molecule has 0 unspecified atom stereocenters. The van der Waals surface area contributed by atoms with E-state index in [2.05, 4.69) is 11.6 Å². The Morgan fingerprint density at radius 1 is 1.23 bits per heavy atom. The average molecular weight is 298 g/mol. The fraction of sp³-hybridized carbons (Fsp3) is 0.278. The van der Waals surface area contributed by atoms with Crippen LogP contribution in [-0.4, -0.2) is 19.0 Å². The molecule has 1 heterocycles. The van der Waals surface area contributed by atoms with Gasteiger partial charge < -0.3 is 15.2 Å². The highest BCUT2D eigenvalue weighted by atomic mass is 16.6. The number of benzene rings is 1. The van der Waals surface area contributed by atoms with Gasteiger partial charge in [0.25, 0.3) is 0 Å². The molecule has 2 rings (SSSR count). The first-order chi connectivity index (χ1) is 10.6. The summed E-state index contributed by atoms with van der Waals surface area (Å²) in [5.41, 5.74) is 10.1. The molecule has 116 valence electrons. The van der Waals surface area contributed by atoms with E-state index in [1.807, 2.05) is 45.0 Å². The number of hydrogen-bond acceptors (Lipinski definition) is 3. The van der Waals surface area contributed by atoms with Gasteiger partial charge >= 0.3 is 0 Å². The monoisotopic (exact) mass is 298 g/mol. The van der Waals surface area contributed by atoms with E-state index in [1.165, 1.54) is 6.20 Å². The Labute approximate surface area is 131 Å². The lowest BCUT2D eigenvalue weighted by Crippen LogP contribution is -2.18. The van der Waals surface area contributed by atoms with Gasteiger partial charge in [-0.15, -0.1) is 0 Å². The summed E-state index contributed by atoms with van der Waals surface area (Å²) < 4.78 is 11.2. The minimum Gasteiger partial charge on any atom is -0.486 e. The number of allylic oxidation sites excluding steroid dienone is 2. The van der Waals surface area contributed by atoms with Crippen molar-refractivity contribution in [3.63, 3.8) is 0 Å². The Bertz CT molecular complexity index is 666. The lowest BCUT2D eigenvalue weighted by atomic mass is 9.93. The topological polar surface area (TPSA) is 56.8 Å². The highest BCUT2D eigenvalue weighted by molar-refractivity contribution is 6.12. The standard InChI is InChI=1S/C18H22N2O2/c1-5-14(17(12(3)4)18(19)20-6-2)13-7-8-15-16(11-13)22-10-9-21-15/h5-8,11H,2,9-10H2,1,3-4H3,(H2,19,20)/b14-5-. The molecule has 1 aromatic carbocycles. The summed E-state index contributed by atoms with van der Waals surface area (Å²) in [6, 6.07) is 5.91. The second-order valence-corrected chi connectivity index (χ2v) is 5.13. The number of rotatable bonds is 4. The normalized spacial score (nSPS) is 14.5. The van der Waals surface area contributed by atoms with Crippen LogP contribution in [0.25, 0.3) is 5.57 Å². The van der Waals surface area contributed by atoms with Crippen molar-refractivity contribution in [2.24, 2.45) is 10.7 Å². The molecule has 0 spiro atoms. The molecule has 1 aliphatic rings. The van der Waals surface area contributed by atoms with Crippen LogP contribution in [0.2, 0.25) is 0 Å². The van der Waals surface area contributed by atoms with E-state index in [4.69, 9.17) is 15.2 Å². The quantitative estimate of drug-likeness (QED) is 0.524. The summed E-state index contributed by atoms with van der Waals surface area (Å²) in [5, 5.41) is 0. The fourth-order valence-corrected chi connectivity index (χ4v) is 2.49. The molecule has 0 radical (unpaired) electrons. The molecule has 4 nitrogen and oxygen atoms in total. The van der Waals surface area contributed by atoms with E-state index < -0.39 is 0 Å². The average Bonchev–Trinajstić information content (AvgIpc) is 2.51. The van der Waals surface area contributed by atoms with Crippen molar-refractivity contribution in [2.75, 3.05) is 13.2 Å². The third-order valence-corrected chi connectivity index (χ3v) is 3.40. The molecule has 2 N–H and O–H groups in total. The van der Waals surface area contributed by atoms with Crippen LogP contribution in [0.3, 0.4) is 0 Å². The molecule has 0 atom stereocenters. The van der Waals surface area contributed by atoms with Gasteiger partial charge in [0.15, 0.2) is 11.5 Å².